The Bertz CT molecular complexity index is 1370. The van der Waals surface area contributed by atoms with E-state index in [2.05, 4.69) is 0 Å². The molecule has 1 aliphatic heterocycles. The molecule has 1 atom stereocenters. The quantitative estimate of drug-likeness (QED) is 0.261. The molecular formula is C28H25F2NO6. The van der Waals surface area contributed by atoms with E-state index in [0.29, 0.717) is 29.2 Å². The fraction of sp³-hybridized carbons (Fsp3) is 0.214. The molecule has 1 aliphatic rings. The van der Waals surface area contributed by atoms with E-state index in [9.17, 15) is 23.5 Å². The number of nitrogens with zero attached hydrogens (tertiary/aromatic N) is 1. The molecule has 0 aliphatic carbocycles. The van der Waals surface area contributed by atoms with Crippen LogP contribution in [0.1, 0.15) is 29.7 Å². The number of hydrogen-bond acceptors (Lipinski definition) is 6. The minimum Gasteiger partial charge on any atom is -0.507 e. The van der Waals surface area contributed by atoms with Crippen molar-refractivity contribution in [3.05, 3.63) is 94.6 Å². The van der Waals surface area contributed by atoms with Gasteiger partial charge < -0.3 is 24.2 Å². The summed E-state index contributed by atoms with van der Waals surface area (Å²) in [6, 6.07) is 12.8. The second-order valence-electron chi connectivity index (χ2n) is 8.24. The van der Waals surface area contributed by atoms with Crippen LogP contribution in [0.15, 0.2) is 66.2 Å². The van der Waals surface area contributed by atoms with E-state index >= 15 is 0 Å². The molecule has 0 aromatic heterocycles. The summed E-state index contributed by atoms with van der Waals surface area (Å²) in [6.07, 6.45) is 0. The molecule has 0 saturated carbocycles. The maximum Gasteiger partial charge on any atom is 0.295 e. The average Bonchev–Trinajstić information content (AvgIpc) is 3.14. The van der Waals surface area contributed by atoms with Crippen molar-refractivity contribution in [2.45, 2.75) is 19.5 Å². The topological polar surface area (TPSA) is 85.3 Å². The predicted octanol–water partition coefficient (Wildman–Crippen LogP) is 5.00. The number of hydrogen-bond donors (Lipinski definition) is 1. The maximum absolute atomic E-state index is 14.1. The van der Waals surface area contributed by atoms with Gasteiger partial charge in [0.15, 0.2) is 11.5 Å². The monoisotopic (exact) mass is 509 g/mol. The Morgan fingerprint density at radius 2 is 1.54 bits per heavy atom. The van der Waals surface area contributed by atoms with Crippen molar-refractivity contribution in [2.24, 2.45) is 0 Å². The first-order valence-corrected chi connectivity index (χ1v) is 11.5. The van der Waals surface area contributed by atoms with Gasteiger partial charge in [0.25, 0.3) is 11.7 Å². The normalized spacial score (nSPS) is 16.7. The highest BCUT2D eigenvalue weighted by Gasteiger charge is 2.46. The fourth-order valence-corrected chi connectivity index (χ4v) is 4.32. The van der Waals surface area contributed by atoms with E-state index in [0.717, 1.165) is 12.1 Å². The molecule has 1 fully saturated rings. The molecule has 3 aromatic carbocycles. The number of halogens is 2. The Morgan fingerprint density at radius 1 is 0.892 bits per heavy atom. The standard InChI is InChI=1S/C28H25F2NO6/c1-4-37-23-13-17(7-11-22(23)36-3)25-24(26(32)20-14-19(30)10-12-21(20)35-2)27(33)28(34)31(25)15-16-5-8-18(29)9-6-16/h5-14,25,32H,4,15H2,1-3H3/b26-24+. The molecule has 1 unspecified atom stereocenters. The van der Waals surface area contributed by atoms with Crippen LogP contribution in [0.25, 0.3) is 5.76 Å². The first kappa shape index (κ1) is 25.7. The summed E-state index contributed by atoms with van der Waals surface area (Å²) < 4.78 is 43.9. The van der Waals surface area contributed by atoms with Gasteiger partial charge in [-0.05, 0) is 60.5 Å². The van der Waals surface area contributed by atoms with Gasteiger partial charge >= 0.3 is 0 Å². The summed E-state index contributed by atoms with van der Waals surface area (Å²) in [4.78, 5) is 27.8. The lowest BCUT2D eigenvalue weighted by Crippen LogP contribution is -2.29. The van der Waals surface area contributed by atoms with Gasteiger partial charge in [0.05, 0.1) is 38.0 Å². The Kier molecular flexibility index (Phi) is 7.42. The summed E-state index contributed by atoms with van der Waals surface area (Å²) in [5.74, 6) is -2.60. The molecular weight excluding hydrogens is 484 g/mol. The first-order chi connectivity index (χ1) is 17.8. The highest BCUT2D eigenvalue weighted by molar-refractivity contribution is 6.46. The zero-order valence-corrected chi connectivity index (χ0v) is 20.5. The van der Waals surface area contributed by atoms with Crippen molar-refractivity contribution in [3.8, 4) is 17.2 Å². The summed E-state index contributed by atoms with van der Waals surface area (Å²) in [6.45, 7) is 2.07. The van der Waals surface area contributed by atoms with E-state index in [-0.39, 0.29) is 23.4 Å². The van der Waals surface area contributed by atoms with Crippen molar-refractivity contribution in [2.75, 3.05) is 20.8 Å². The number of carbonyl (C=O) groups is 2. The molecule has 4 rings (SSSR count). The smallest absolute Gasteiger partial charge is 0.295 e. The molecule has 7 nitrogen and oxygen atoms in total. The van der Waals surface area contributed by atoms with E-state index < -0.39 is 35.1 Å². The van der Waals surface area contributed by atoms with Gasteiger partial charge in [0.2, 0.25) is 0 Å². The summed E-state index contributed by atoms with van der Waals surface area (Å²) in [5.41, 5.74) is 0.687. The lowest BCUT2D eigenvalue weighted by atomic mass is 9.94. The number of benzene rings is 3. The van der Waals surface area contributed by atoms with E-state index in [1.807, 2.05) is 0 Å². The van der Waals surface area contributed by atoms with E-state index in [4.69, 9.17) is 14.2 Å². The summed E-state index contributed by atoms with van der Waals surface area (Å²) in [5, 5.41) is 11.3. The van der Waals surface area contributed by atoms with Crippen LogP contribution in [0.5, 0.6) is 17.2 Å². The second kappa shape index (κ2) is 10.7. The van der Waals surface area contributed by atoms with Gasteiger partial charge in [-0.2, -0.15) is 0 Å². The molecule has 1 N–H and O–H groups in total. The fourth-order valence-electron chi connectivity index (χ4n) is 4.32. The third-order valence-corrected chi connectivity index (χ3v) is 6.03. The number of amides is 1. The van der Waals surface area contributed by atoms with Crippen LogP contribution in [-0.2, 0) is 16.1 Å². The molecule has 0 spiro atoms. The lowest BCUT2D eigenvalue weighted by Gasteiger charge is -2.26. The predicted molar refractivity (Wildman–Crippen MR) is 131 cm³/mol. The van der Waals surface area contributed by atoms with Gasteiger partial charge in [0.1, 0.15) is 23.1 Å². The molecule has 0 radical (unpaired) electrons. The number of carbonyl (C=O) groups excluding carboxylic acids is 2. The highest BCUT2D eigenvalue weighted by Crippen LogP contribution is 2.43. The zero-order chi connectivity index (χ0) is 26.7. The number of Topliss-reactive ketones (excluding diaryl/α,β-unsaturated/α-hetero) is 1. The third kappa shape index (κ3) is 4.97. The van der Waals surface area contributed by atoms with Gasteiger partial charge in [0, 0.05) is 6.54 Å². The number of ketones is 1. The van der Waals surface area contributed by atoms with E-state index in [1.54, 1.807) is 25.1 Å². The third-order valence-electron chi connectivity index (χ3n) is 6.03. The molecule has 1 heterocycles. The number of ether oxygens (including phenoxy) is 3. The Morgan fingerprint density at radius 3 is 2.19 bits per heavy atom. The van der Waals surface area contributed by atoms with Crippen LogP contribution in [0.3, 0.4) is 0 Å². The molecule has 1 amide bonds. The van der Waals surface area contributed by atoms with Crippen molar-refractivity contribution < 1.29 is 37.7 Å². The molecule has 3 aromatic rings. The average molecular weight is 510 g/mol. The van der Waals surface area contributed by atoms with Crippen LogP contribution < -0.4 is 14.2 Å². The van der Waals surface area contributed by atoms with Gasteiger partial charge in [-0.25, -0.2) is 8.78 Å². The maximum atomic E-state index is 14.1. The Labute approximate surface area is 212 Å². The van der Waals surface area contributed by atoms with Crippen LogP contribution in [0, 0.1) is 11.6 Å². The minimum absolute atomic E-state index is 0.0530. The zero-order valence-electron chi connectivity index (χ0n) is 20.5. The van der Waals surface area contributed by atoms with Crippen LogP contribution in [0.4, 0.5) is 8.78 Å². The van der Waals surface area contributed by atoms with Gasteiger partial charge in [-0.15, -0.1) is 0 Å². The molecule has 1 saturated heterocycles. The first-order valence-electron chi connectivity index (χ1n) is 11.5. The molecule has 9 heteroatoms. The Hall–Kier alpha value is -4.40. The van der Waals surface area contributed by atoms with Crippen LogP contribution in [-0.4, -0.2) is 42.5 Å². The lowest BCUT2D eigenvalue weighted by molar-refractivity contribution is -0.140. The number of methoxy groups -OCH3 is 2. The number of aliphatic hydroxyl groups is 1. The van der Waals surface area contributed by atoms with Crippen molar-refractivity contribution in [3.63, 3.8) is 0 Å². The van der Waals surface area contributed by atoms with Crippen LogP contribution in [0.2, 0.25) is 0 Å². The number of likely N-dealkylation sites (tertiary alicyclic amines) is 1. The Balaban J connectivity index is 1.93. The summed E-state index contributed by atoms with van der Waals surface area (Å²) >= 11 is 0. The van der Waals surface area contributed by atoms with Crippen molar-refractivity contribution in [1.29, 1.82) is 0 Å². The largest absolute Gasteiger partial charge is 0.507 e. The SMILES string of the molecule is CCOc1cc(C2/C(=C(\O)c3cc(F)ccc3OC)C(=O)C(=O)N2Cc2ccc(F)cc2)ccc1OC. The van der Waals surface area contributed by atoms with Crippen molar-refractivity contribution >= 4 is 17.4 Å². The summed E-state index contributed by atoms with van der Waals surface area (Å²) in [7, 11) is 2.82. The number of aliphatic hydroxyl groups excluding tert-OH is 1. The van der Waals surface area contributed by atoms with Gasteiger partial charge in [-0.3, -0.25) is 9.59 Å². The molecule has 0 bridgehead atoms. The second-order valence-corrected chi connectivity index (χ2v) is 8.24. The highest BCUT2D eigenvalue weighted by atomic mass is 19.1. The molecule has 192 valence electrons. The molecule has 37 heavy (non-hydrogen) atoms. The van der Waals surface area contributed by atoms with E-state index in [1.165, 1.54) is 49.5 Å². The number of rotatable bonds is 8. The van der Waals surface area contributed by atoms with Crippen molar-refractivity contribution in [1.82, 2.24) is 4.90 Å². The van der Waals surface area contributed by atoms with Crippen LogP contribution >= 0.6 is 0 Å². The van der Waals surface area contributed by atoms with Gasteiger partial charge in [-0.1, -0.05) is 18.2 Å². The minimum atomic E-state index is -1.07.